The fourth-order valence-electron chi connectivity index (χ4n) is 2.89. The van der Waals surface area contributed by atoms with Crippen LogP contribution >= 0.6 is 0 Å². The highest BCUT2D eigenvalue weighted by molar-refractivity contribution is 5.68. The van der Waals surface area contributed by atoms with Crippen LogP contribution in [0.5, 0.6) is 0 Å². The first-order valence-electron chi connectivity index (χ1n) is 7.22. The Hall–Kier alpha value is -0.850. The third kappa shape index (κ3) is 3.07. The summed E-state index contributed by atoms with van der Waals surface area (Å²) in [6.07, 6.45) is 1.60. The molecule has 2 aliphatic heterocycles. The van der Waals surface area contributed by atoms with Crippen molar-refractivity contribution in [3.63, 3.8) is 0 Å². The van der Waals surface area contributed by atoms with Gasteiger partial charge in [-0.1, -0.05) is 0 Å². The van der Waals surface area contributed by atoms with Gasteiger partial charge in [0.2, 0.25) is 0 Å². The maximum absolute atomic E-state index is 12.2. The Kier molecular flexibility index (Phi) is 4.01. The number of rotatable bonds is 1. The molecule has 2 saturated heterocycles. The molecule has 2 fully saturated rings. The van der Waals surface area contributed by atoms with Crippen LogP contribution in [-0.2, 0) is 9.47 Å². The van der Waals surface area contributed by atoms with Crippen LogP contribution < -0.4 is 5.73 Å². The molecule has 2 rings (SSSR count). The molecule has 116 valence electrons. The van der Waals surface area contributed by atoms with Crippen molar-refractivity contribution in [3.8, 4) is 0 Å². The second-order valence-corrected chi connectivity index (χ2v) is 7.00. The van der Waals surface area contributed by atoms with Crippen LogP contribution in [0.2, 0.25) is 0 Å². The van der Waals surface area contributed by atoms with Gasteiger partial charge in [-0.25, -0.2) is 4.79 Å². The molecule has 6 heteroatoms. The lowest BCUT2D eigenvalue weighted by Gasteiger charge is -2.47. The largest absolute Gasteiger partial charge is 0.444 e. The van der Waals surface area contributed by atoms with E-state index in [-0.39, 0.29) is 12.7 Å². The average molecular weight is 286 g/mol. The lowest BCUT2D eigenvalue weighted by Crippen LogP contribution is -2.69. The van der Waals surface area contributed by atoms with E-state index in [4.69, 9.17) is 15.2 Å². The fraction of sp³-hybridized carbons (Fsp3) is 0.929. The van der Waals surface area contributed by atoms with E-state index in [9.17, 15) is 9.90 Å². The zero-order chi connectivity index (χ0) is 15.0. The van der Waals surface area contributed by atoms with Crippen LogP contribution in [0.1, 0.15) is 40.0 Å². The van der Waals surface area contributed by atoms with Crippen molar-refractivity contribution in [2.75, 3.05) is 26.3 Å². The molecule has 2 heterocycles. The zero-order valence-corrected chi connectivity index (χ0v) is 12.6. The molecule has 0 radical (unpaired) electrons. The van der Waals surface area contributed by atoms with Gasteiger partial charge in [0, 0.05) is 26.1 Å². The number of hydrogen-bond donors (Lipinski definition) is 2. The van der Waals surface area contributed by atoms with Crippen molar-refractivity contribution in [1.82, 2.24) is 4.90 Å². The average Bonchev–Trinajstić information content (AvgIpc) is 2.76. The first-order chi connectivity index (χ1) is 9.15. The van der Waals surface area contributed by atoms with Gasteiger partial charge in [0.1, 0.15) is 11.2 Å². The second kappa shape index (κ2) is 5.16. The van der Waals surface area contributed by atoms with E-state index in [0.29, 0.717) is 32.5 Å². The summed E-state index contributed by atoms with van der Waals surface area (Å²) < 4.78 is 10.7. The van der Waals surface area contributed by atoms with Gasteiger partial charge in [-0.15, -0.1) is 0 Å². The molecule has 0 aromatic heterocycles. The standard InChI is InChI=1S/C14H26N2O4/c1-12(2,3)20-11(17)16-7-4-5-13(15,9-16)14(18)6-8-19-10-14/h18H,4-10,15H2,1-3H3. The summed E-state index contributed by atoms with van der Waals surface area (Å²) in [4.78, 5) is 13.8. The van der Waals surface area contributed by atoms with E-state index < -0.39 is 16.7 Å². The van der Waals surface area contributed by atoms with E-state index in [0.717, 1.165) is 6.42 Å². The van der Waals surface area contributed by atoms with E-state index in [2.05, 4.69) is 0 Å². The molecule has 0 aliphatic carbocycles. The monoisotopic (exact) mass is 286 g/mol. The maximum Gasteiger partial charge on any atom is 0.410 e. The number of carbonyl (C=O) groups excluding carboxylic acids is 1. The predicted molar refractivity (Wildman–Crippen MR) is 74.3 cm³/mol. The van der Waals surface area contributed by atoms with Crippen molar-refractivity contribution < 1.29 is 19.4 Å². The van der Waals surface area contributed by atoms with Crippen molar-refractivity contribution >= 4 is 6.09 Å². The van der Waals surface area contributed by atoms with Gasteiger partial charge >= 0.3 is 6.09 Å². The Labute approximate surface area is 120 Å². The smallest absolute Gasteiger partial charge is 0.410 e. The predicted octanol–water partition coefficient (Wildman–Crippen LogP) is 0.866. The minimum absolute atomic E-state index is 0.242. The zero-order valence-electron chi connectivity index (χ0n) is 12.6. The molecule has 6 nitrogen and oxygen atoms in total. The molecule has 2 atom stereocenters. The summed E-state index contributed by atoms with van der Waals surface area (Å²) in [6, 6.07) is 0. The summed E-state index contributed by atoms with van der Waals surface area (Å²) in [6.45, 7) is 7.19. The molecule has 0 spiro atoms. The molecular formula is C14H26N2O4. The van der Waals surface area contributed by atoms with Crippen LogP contribution in [0.25, 0.3) is 0 Å². The molecule has 3 N–H and O–H groups in total. The van der Waals surface area contributed by atoms with Crippen molar-refractivity contribution in [3.05, 3.63) is 0 Å². The number of amides is 1. The third-order valence-electron chi connectivity index (χ3n) is 4.10. The molecule has 2 aliphatic rings. The highest BCUT2D eigenvalue weighted by Crippen LogP contribution is 2.35. The van der Waals surface area contributed by atoms with Gasteiger partial charge in [-0.3, -0.25) is 0 Å². The normalized spacial score (nSPS) is 35.1. The van der Waals surface area contributed by atoms with Crippen LogP contribution in [-0.4, -0.2) is 59.1 Å². The summed E-state index contributed by atoms with van der Waals surface area (Å²) in [7, 11) is 0. The third-order valence-corrected chi connectivity index (χ3v) is 4.10. The Morgan fingerprint density at radius 2 is 2.10 bits per heavy atom. The molecule has 0 aromatic carbocycles. The molecule has 0 bridgehead atoms. The number of nitrogens with zero attached hydrogens (tertiary/aromatic N) is 1. The Balaban J connectivity index is 2.06. The highest BCUT2D eigenvalue weighted by Gasteiger charge is 2.52. The Morgan fingerprint density at radius 3 is 2.65 bits per heavy atom. The number of aliphatic hydroxyl groups is 1. The Morgan fingerprint density at radius 1 is 1.40 bits per heavy atom. The molecule has 2 unspecified atom stereocenters. The molecule has 1 amide bonds. The topological polar surface area (TPSA) is 85.0 Å². The molecular weight excluding hydrogens is 260 g/mol. The summed E-state index contributed by atoms with van der Waals surface area (Å²) >= 11 is 0. The number of likely N-dealkylation sites (tertiary alicyclic amines) is 1. The van der Waals surface area contributed by atoms with E-state index >= 15 is 0 Å². The van der Waals surface area contributed by atoms with Gasteiger partial charge in [0.25, 0.3) is 0 Å². The van der Waals surface area contributed by atoms with Gasteiger partial charge in [-0.2, -0.15) is 0 Å². The summed E-state index contributed by atoms with van der Waals surface area (Å²) in [5.74, 6) is 0. The van der Waals surface area contributed by atoms with Crippen molar-refractivity contribution in [2.24, 2.45) is 5.73 Å². The summed E-state index contributed by atoms with van der Waals surface area (Å²) in [5, 5.41) is 10.7. The lowest BCUT2D eigenvalue weighted by atomic mass is 9.74. The van der Waals surface area contributed by atoms with Gasteiger partial charge < -0.3 is 25.2 Å². The van der Waals surface area contributed by atoms with Gasteiger partial charge in [0.05, 0.1) is 12.1 Å². The van der Waals surface area contributed by atoms with E-state index in [1.165, 1.54) is 0 Å². The quantitative estimate of drug-likeness (QED) is 0.747. The summed E-state index contributed by atoms with van der Waals surface area (Å²) in [5.41, 5.74) is 4.01. The van der Waals surface area contributed by atoms with Crippen LogP contribution in [0.15, 0.2) is 0 Å². The number of piperidine rings is 1. The first kappa shape index (κ1) is 15.5. The number of ether oxygens (including phenoxy) is 2. The van der Waals surface area contributed by atoms with Gasteiger partial charge in [-0.05, 0) is 33.6 Å². The number of nitrogens with two attached hydrogens (primary N) is 1. The SMILES string of the molecule is CC(C)(C)OC(=O)N1CCCC(N)(C2(O)CCOC2)C1. The molecule has 0 saturated carbocycles. The van der Waals surface area contributed by atoms with Crippen LogP contribution in [0.4, 0.5) is 4.79 Å². The first-order valence-corrected chi connectivity index (χ1v) is 7.22. The minimum atomic E-state index is -1.05. The molecule has 20 heavy (non-hydrogen) atoms. The lowest BCUT2D eigenvalue weighted by molar-refractivity contribution is -0.0701. The number of hydrogen-bond acceptors (Lipinski definition) is 5. The van der Waals surface area contributed by atoms with Crippen LogP contribution in [0.3, 0.4) is 0 Å². The minimum Gasteiger partial charge on any atom is -0.444 e. The number of carbonyl (C=O) groups is 1. The Bertz CT molecular complexity index is 374. The maximum atomic E-state index is 12.2. The van der Waals surface area contributed by atoms with E-state index in [1.54, 1.807) is 4.90 Å². The van der Waals surface area contributed by atoms with Gasteiger partial charge in [0.15, 0.2) is 0 Å². The van der Waals surface area contributed by atoms with Crippen molar-refractivity contribution in [1.29, 1.82) is 0 Å². The fourth-order valence-corrected chi connectivity index (χ4v) is 2.89. The van der Waals surface area contributed by atoms with Crippen molar-refractivity contribution in [2.45, 2.75) is 56.8 Å². The second-order valence-electron chi connectivity index (χ2n) is 7.00. The molecule has 0 aromatic rings. The highest BCUT2D eigenvalue weighted by atomic mass is 16.6. The van der Waals surface area contributed by atoms with E-state index in [1.807, 2.05) is 20.8 Å². The van der Waals surface area contributed by atoms with Crippen LogP contribution in [0, 0.1) is 0 Å².